The maximum atomic E-state index is 12.6. The third-order valence-electron chi connectivity index (χ3n) is 4.71. The van der Waals surface area contributed by atoms with Crippen LogP contribution in [-0.2, 0) is 0 Å². The van der Waals surface area contributed by atoms with E-state index in [1.54, 1.807) is 47.9 Å². The Morgan fingerprint density at radius 2 is 1.74 bits per heavy atom. The first-order valence-electron chi connectivity index (χ1n) is 9.68. The molecule has 3 heterocycles. The Kier molecular flexibility index (Phi) is 6.27. The van der Waals surface area contributed by atoms with E-state index in [2.05, 4.69) is 30.3 Å². The van der Waals surface area contributed by atoms with E-state index < -0.39 is 6.61 Å². The summed E-state index contributed by atoms with van der Waals surface area (Å²) in [4.78, 5) is 27.1. The second kappa shape index (κ2) is 9.43. The molecule has 1 fully saturated rings. The fourth-order valence-corrected chi connectivity index (χ4v) is 3.18. The number of pyridine rings is 1. The van der Waals surface area contributed by atoms with Crippen LogP contribution in [0.15, 0.2) is 55.1 Å². The monoisotopic (exact) mass is 426 g/mol. The van der Waals surface area contributed by atoms with Crippen molar-refractivity contribution < 1.29 is 18.3 Å². The van der Waals surface area contributed by atoms with Crippen LogP contribution < -0.4 is 15.4 Å². The summed E-state index contributed by atoms with van der Waals surface area (Å²) in [6.45, 7) is 0.0187. The lowest BCUT2D eigenvalue weighted by Crippen LogP contribution is -2.46. The summed E-state index contributed by atoms with van der Waals surface area (Å²) in [5.74, 6) is 0.365. The van der Waals surface area contributed by atoms with Crippen LogP contribution in [0.25, 0.3) is 11.1 Å². The van der Waals surface area contributed by atoms with Gasteiger partial charge in [0.15, 0.2) is 0 Å². The number of ether oxygens (including phenoxy) is 1. The van der Waals surface area contributed by atoms with E-state index in [0.717, 1.165) is 24.2 Å². The van der Waals surface area contributed by atoms with Crippen LogP contribution in [0.4, 0.5) is 20.4 Å². The largest absolute Gasteiger partial charge is 0.435 e. The predicted molar refractivity (Wildman–Crippen MR) is 110 cm³/mol. The summed E-state index contributed by atoms with van der Waals surface area (Å²) in [6.07, 6.45) is 6.36. The van der Waals surface area contributed by atoms with Crippen molar-refractivity contribution in [3.8, 4) is 16.9 Å². The normalized spacial score (nSPS) is 13.8. The molecule has 1 aliphatic heterocycles. The Morgan fingerprint density at radius 1 is 1.03 bits per heavy atom. The van der Waals surface area contributed by atoms with E-state index in [9.17, 15) is 13.6 Å². The number of hydrogen-bond donors (Lipinski definition) is 2. The highest BCUT2D eigenvalue weighted by Gasteiger charge is 2.18. The molecule has 1 amide bonds. The molecule has 1 aromatic carbocycles. The summed E-state index contributed by atoms with van der Waals surface area (Å²) in [5, 5.41) is 6.26. The number of piperazine rings is 1. The lowest BCUT2D eigenvalue weighted by molar-refractivity contribution is -0.0498. The molecule has 0 radical (unpaired) electrons. The van der Waals surface area contributed by atoms with Crippen molar-refractivity contribution in [2.45, 2.75) is 6.61 Å². The maximum Gasteiger partial charge on any atom is 0.387 e. The minimum atomic E-state index is -2.86. The molecule has 31 heavy (non-hydrogen) atoms. The van der Waals surface area contributed by atoms with Crippen LogP contribution in [0, 0.1) is 0 Å². The van der Waals surface area contributed by atoms with E-state index in [1.807, 2.05) is 0 Å². The van der Waals surface area contributed by atoms with Crippen molar-refractivity contribution in [1.82, 2.24) is 25.2 Å². The van der Waals surface area contributed by atoms with Crippen LogP contribution in [0.1, 0.15) is 10.4 Å². The average molecular weight is 426 g/mol. The zero-order valence-electron chi connectivity index (χ0n) is 16.5. The van der Waals surface area contributed by atoms with E-state index in [0.29, 0.717) is 30.3 Å². The number of nitrogens with zero attached hydrogens (tertiary/aromatic N) is 4. The summed E-state index contributed by atoms with van der Waals surface area (Å²) in [5.41, 5.74) is 2.57. The molecule has 0 unspecified atom stereocenters. The predicted octanol–water partition coefficient (Wildman–Crippen LogP) is 2.93. The van der Waals surface area contributed by atoms with Crippen molar-refractivity contribution in [2.24, 2.45) is 0 Å². The Balaban J connectivity index is 1.42. The van der Waals surface area contributed by atoms with Gasteiger partial charge in [0.2, 0.25) is 5.95 Å². The average Bonchev–Trinajstić information content (AvgIpc) is 2.80. The zero-order valence-corrected chi connectivity index (χ0v) is 16.5. The second-order valence-electron chi connectivity index (χ2n) is 6.83. The van der Waals surface area contributed by atoms with Gasteiger partial charge in [-0.1, -0.05) is 12.1 Å². The minimum Gasteiger partial charge on any atom is -0.435 e. The number of rotatable bonds is 6. The van der Waals surface area contributed by atoms with E-state index >= 15 is 0 Å². The molecule has 160 valence electrons. The van der Waals surface area contributed by atoms with Gasteiger partial charge in [-0.25, -0.2) is 9.97 Å². The molecule has 10 heteroatoms. The molecular weight excluding hydrogens is 406 g/mol. The number of carbonyl (C=O) groups is 1. The van der Waals surface area contributed by atoms with Gasteiger partial charge < -0.3 is 20.3 Å². The van der Waals surface area contributed by atoms with Crippen LogP contribution >= 0.6 is 0 Å². The number of anilines is 2. The standard InChI is InChI=1S/C21H20F2N6O2/c22-20(23)31-18-3-1-14(2-4-18)16-11-26-21(27-12-16)28-17-9-15(10-25-13-17)19(30)29-7-5-24-6-8-29/h1-4,9-13,20,24H,5-8H2,(H,26,27,28). The fraction of sp³-hybridized carbons (Fsp3) is 0.238. The van der Waals surface area contributed by atoms with Crippen LogP contribution in [0.2, 0.25) is 0 Å². The van der Waals surface area contributed by atoms with Gasteiger partial charge in [0.05, 0.1) is 17.4 Å². The molecule has 8 nitrogen and oxygen atoms in total. The third-order valence-corrected chi connectivity index (χ3v) is 4.71. The molecule has 2 N–H and O–H groups in total. The van der Waals surface area contributed by atoms with Gasteiger partial charge in [0.1, 0.15) is 5.75 Å². The Morgan fingerprint density at radius 3 is 2.42 bits per heavy atom. The van der Waals surface area contributed by atoms with Crippen LogP contribution in [0.5, 0.6) is 5.75 Å². The lowest BCUT2D eigenvalue weighted by Gasteiger charge is -2.27. The smallest absolute Gasteiger partial charge is 0.387 e. The second-order valence-corrected chi connectivity index (χ2v) is 6.83. The number of nitrogens with one attached hydrogen (secondary N) is 2. The zero-order chi connectivity index (χ0) is 21.6. The van der Waals surface area contributed by atoms with Gasteiger partial charge in [0, 0.05) is 50.3 Å². The molecule has 0 bridgehead atoms. The lowest BCUT2D eigenvalue weighted by atomic mass is 10.1. The number of aromatic nitrogens is 3. The van der Waals surface area contributed by atoms with Gasteiger partial charge in [-0.05, 0) is 23.8 Å². The molecular formula is C21H20F2N6O2. The Labute approximate surface area is 177 Å². The SMILES string of the molecule is O=C(c1cncc(Nc2ncc(-c3ccc(OC(F)F)cc3)cn2)c1)N1CCNCC1. The molecule has 1 aliphatic rings. The number of carbonyl (C=O) groups excluding carboxylic acids is 1. The summed E-state index contributed by atoms with van der Waals surface area (Å²) in [6, 6.07) is 7.94. The summed E-state index contributed by atoms with van der Waals surface area (Å²) >= 11 is 0. The van der Waals surface area contributed by atoms with E-state index in [-0.39, 0.29) is 11.7 Å². The maximum absolute atomic E-state index is 12.6. The van der Waals surface area contributed by atoms with Crippen LogP contribution in [0.3, 0.4) is 0 Å². The molecule has 4 rings (SSSR count). The van der Waals surface area contributed by atoms with Crippen molar-refractivity contribution in [3.05, 3.63) is 60.7 Å². The Hall–Kier alpha value is -3.66. The van der Waals surface area contributed by atoms with Gasteiger partial charge in [-0.3, -0.25) is 9.78 Å². The highest BCUT2D eigenvalue weighted by atomic mass is 19.3. The summed E-state index contributed by atoms with van der Waals surface area (Å²) in [7, 11) is 0. The molecule has 1 saturated heterocycles. The third kappa shape index (κ3) is 5.28. The quantitative estimate of drug-likeness (QED) is 0.626. The van der Waals surface area contributed by atoms with Gasteiger partial charge in [-0.2, -0.15) is 8.78 Å². The first-order valence-corrected chi connectivity index (χ1v) is 9.68. The van der Waals surface area contributed by atoms with Crippen LogP contribution in [-0.4, -0.2) is 58.5 Å². The van der Waals surface area contributed by atoms with Gasteiger partial charge in [0.25, 0.3) is 5.91 Å². The van der Waals surface area contributed by atoms with Crippen molar-refractivity contribution in [1.29, 1.82) is 0 Å². The van der Waals surface area contributed by atoms with Crippen molar-refractivity contribution in [3.63, 3.8) is 0 Å². The topological polar surface area (TPSA) is 92.3 Å². The first-order chi connectivity index (χ1) is 15.1. The number of alkyl halides is 2. The van der Waals surface area contributed by atoms with Gasteiger partial charge >= 0.3 is 6.61 Å². The van der Waals surface area contributed by atoms with E-state index in [4.69, 9.17) is 0 Å². The molecule has 3 aromatic rings. The molecule has 0 spiro atoms. The minimum absolute atomic E-state index is 0.0619. The number of halogens is 2. The molecule has 0 saturated carbocycles. The highest BCUT2D eigenvalue weighted by Crippen LogP contribution is 2.23. The van der Waals surface area contributed by atoms with Gasteiger partial charge in [-0.15, -0.1) is 0 Å². The number of hydrogen-bond acceptors (Lipinski definition) is 7. The first kappa shape index (κ1) is 20.6. The number of amides is 1. The fourth-order valence-electron chi connectivity index (χ4n) is 3.18. The Bertz CT molecular complexity index is 1020. The molecule has 0 atom stereocenters. The molecule has 2 aromatic heterocycles. The highest BCUT2D eigenvalue weighted by molar-refractivity contribution is 5.95. The summed E-state index contributed by atoms with van der Waals surface area (Å²) < 4.78 is 28.9. The van der Waals surface area contributed by atoms with Crippen molar-refractivity contribution in [2.75, 3.05) is 31.5 Å². The number of benzene rings is 1. The van der Waals surface area contributed by atoms with E-state index in [1.165, 1.54) is 12.1 Å². The molecule has 0 aliphatic carbocycles. The van der Waals surface area contributed by atoms with Crippen molar-refractivity contribution >= 4 is 17.5 Å².